The van der Waals surface area contributed by atoms with E-state index in [1.54, 1.807) is 35.9 Å². The van der Waals surface area contributed by atoms with Gasteiger partial charge in [0.2, 0.25) is 5.95 Å². The lowest BCUT2D eigenvalue weighted by Crippen LogP contribution is -2.18. The number of benzene rings is 1. The van der Waals surface area contributed by atoms with Crippen molar-refractivity contribution in [1.29, 1.82) is 0 Å². The number of aromatic nitrogens is 4. The maximum absolute atomic E-state index is 11.7. The van der Waals surface area contributed by atoms with Gasteiger partial charge in [0.25, 0.3) is 5.56 Å². The van der Waals surface area contributed by atoms with Gasteiger partial charge in [-0.05, 0) is 24.3 Å². The number of fused-ring (bicyclic) bond motifs is 1. The van der Waals surface area contributed by atoms with Crippen molar-refractivity contribution in [3.05, 3.63) is 40.9 Å². The average molecular weight is 361 g/mol. The third kappa shape index (κ3) is 4.10. The molecule has 3 rings (SSSR count). The van der Waals surface area contributed by atoms with E-state index in [2.05, 4.69) is 15.0 Å². The zero-order valence-electron chi connectivity index (χ0n) is 14.1. The van der Waals surface area contributed by atoms with Crippen molar-refractivity contribution in [3.8, 4) is 11.5 Å². The summed E-state index contributed by atoms with van der Waals surface area (Å²) in [5.41, 5.74) is 5.65. The number of hydrogen-bond acceptors (Lipinski definition) is 8. The number of anilines is 1. The number of aliphatic hydroxyl groups is 1. The van der Waals surface area contributed by atoms with E-state index in [0.717, 1.165) is 0 Å². The number of hydrogen-bond donors (Lipinski definition) is 3. The van der Waals surface area contributed by atoms with Crippen LogP contribution >= 0.6 is 0 Å². The molecule has 0 fully saturated rings. The van der Waals surface area contributed by atoms with Gasteiger partial charge >= 0.3 is 0 Å². The number of nitrogens with two attached hydrogens (primary N) is 1. The fourth-order valence-corrected chi connectivity index (χ4v) is 2.28. The minimum absolute atomic E-state index is 0.00700. The number of aliphatic hydroxyl groups excluding tert-OH is 1. The zero-order valence-corrected chi connectivity index (χ0v) is 14.1. The van der Waals surface area contributed by atoms with Gasteiger partial charge in [0.05, 0.1) is 20.0 Å². The fourth-order valence-electron chi connectivity index (χ4n) is 2.28. The van der Waals surface area contributed by atoms with Crippen molar-refractivity contribution in [1.82, 2.24) is 19.5 Å². The molecular formula is C16H19N5O5. The molecule has 0 saturated heterocycles. The Hall–Kier alpha value is -3.11. The van der Waals surface area contributed by atoms with E-state index < -0.39 is 11.8 Å². The van der Waals surface area contributed by atoms with Crippen molar-refractivity contribution >= 4 is 17.1 Å². The maximum Gasteiger partial charge on any atom is 0.280 e. The highest BCUT2D eigenvalue weighted by molar-refractivity contribution is 5.70. The first-order chi connectivity index (χ1) is 12.6. The largest absolute Gasteiger partial charge is 0.497 e. The van der Waals surface area contributed by atoms with E-state index in [-0.39, 0.29) is 31.2 Å². The van der Waals surface area contributed by atoms with E-state index >= 15 is 0 Å². The summed E-state index contributed by atoms with van der Waals surface area (Å²) in [5, 5.41) is 9.90. The highest BCUT2D eigenvalue weighted by Crippen LogP contribution is 2.18. The summed E-state index contributed by atoms with van der Waals surface area (Å²) in [5.74, 6) is 1.24. The predicted molar refractivity (Wildman–Crippen MR) is 92.8 cm³/mol. The third-order valence-electron chi connectivity index (χ3n) is 3.56. The Bertz CT molecular complexity index is 921. The number of nitrogen functional groups attached to an aromatic ring is 1. The summed E-state index contributed by atoms with van der Waals surface area (Å²) in [6.45, 7) is 0.345. The highest BCUT2D eigenvalue weighted by Gasteiger charge is 2.10. The zero-order chi connectivity index (χ0) is 18.5. The number of aromatic amines is 1. The fraction of sp³-hybridized carbons (Fsp3) is 0.312. The average Bonchev–Trinajstić information content (AvgIpc) is 3.02. The third-order valence-corrected chi connectivity index (χ3v) is 3.56. The standard InChI is InChI=1S/C16H19N5O5/c1-24-10-2-4-11(5-3-10)26-12(22)6-7-25-9-21-8-18-13-14(21)19-16(17)20-15(13)23/h2-5,8,12,22H,6-7,9H2,1H3,(H3,17,19,20,23). The molecule has 1 atom stereocenters. The van der Waals surface area contributed by atoms with Gasteiger partial charge in [-0.25, -0.2) is 4.98 Å². The summed E-state index contributed by atoms with van der Waals surface area (Å²) >= 11 is 0. The van der Waals surface area contributed by atoms with Crippen LogP contribution in [-0.4, -0.2) is 44.6 Å². The maximum atomic E-state index is 11.7. The molecule has 0 aliphatic rings. The van der Waals surface area contributed by atoms with Crippen LogP contribution < -0.4 is 20.8 Å². The molecule has 0 aliphatic heterocycles. The van der Waals surface area contributed by atoms with Crippen LogP contribution in [0, 0.1) is 0 Å². The Morgan fingerprint density at radius 3 is 2.77 bits per heavy atom. The SMILES string of the molecule is COc1ccc(OC(O)CCOCn2cnc3c(=O)[nH]c(N)nc32)cc1. The van der Waals surface area contributed by atoms with Gasteiger partial charge in [-0.15, -0.1) is 0 Å². The Labute approximate surface area is 148 Å². The molecule has 0 aliphatic carbocycles. The molecule has 26 heavy (non-hydrogen) atoms. The van der Waals surface area contributed by atoms with E-state index in [9.17, 15) is 9.90 Å². The lowest BCUT2D eigenvalue weighted by Gasteiger charge is -2.14. The molecule has 10 nitrogen and oxygen atoms in total. The van der Waals surface area contributed by atoms with Crippen LogP contribution in [0.4, 0.5) is 5.95 Å². The molecule has 1 unspecified atom stereocenters. The summed E-state index contributed by atoms with van der Waals surface area (Å²) in [4.78, 5) is 22.1. The minimum atomic E-state index is -1.01. The number of rotatable bonds is 8. The number of nitrogens with one attached hydrogen (secondary N) is 1. The van der Waals surface area contributed by atoms with Gasteiger partial charge in [0, 0.05) is 6.42 Å². The van der Waals surface area contributed by atoms with Crippen molar-refractivity contribution in [3.63, 3.8) is 0 Å². The Kier molecular flexibility index (Phi) is 5.34. The van der Waals surface area contributed by atoms with Gasteiger partial charge < -0.3 is 25.1 Å². The monoisotopic (exact) mass is 361 g/mol. The molecule has 0 radical (unpaired) electrons. The lowest BCUT2D eigenvalue weighted by atomic mass is 10.3. The van der Waals surface area contributed by atoms with Gasteiger partial charge in [-0.1, -0.05) is 0 Å². The smallest absolute Gasteiger partial charge is 0.280 e. The van der Waals surface area contributed by atoms with E-state index in [0.29, 0.717) is 17.1 Å². The molecule has 0 spiro atoms. The first kappa shape index (κ1) is 17.7. The molecule has 2 heterocycles. The number of H-pyrrole nitrogens is 1. The van der Waals surface area contributed by atoms with Gasteiger partial charge in [0.1, 0.15) is 18.2 Å². The molecule has 0 saturated carbocycles. The van der Waals surface area contributed by atoms with Crippen LogP contribution in [0.5, 0.6) is 11.5 Å². The molecule has 10 heteroatoms. The topological polar surface area (TPSA) is 138 Å². The Balaban J connectivity index is 1.48. The van der Waals surface area contributed by atoms with Crippen molar-refractivity contribution in [2.75, 3.05) is 19.5 Å². The summed E-state index contributed by atoms with van der Waals surface area (Å²) in [7, 11) is 1.57. The van der Waals surface area contributed by atoms with Crippen LogP contribution in [0.2, 0.25) is 0 Å². The number of methoxy groups -OCH3 is 1. The summed E-state index contributed by atoms with van der Waals surface area (Å²) in [6.07, 6.45) is 0.686. The Morgan fingerprint density at radius 1 is 1.31 bits per heavy atom. The second kappa shape index (κ2) is 7.85. The first-order valence-corrected chi connectivity index (χ1v) is 7.84. The number of nitrogens with zero attached hydrogens (tertiary/aromatic N) is 3. The van der Waals surface area contributed by atoms with Crippen molar-refractivity contribution in [2.45, 2.75) is 19.4 Å². The molecular weight excluding hydrogens is 342 g/mol. The Morgan fingerprint density at radius 2 is 2.04 bits per heavy atom. The van der Waals surface area contributed by atoms with Crippen LogP contribution in [0.1, 0.15) is 6.42 Å². The molecule has 2 aromatic heterocycles. The molecule has 4 N–H and O–H groups in total. The van der Waals surface area contributed by atoms with E-state index in [1.165, 1.54) is 6.33 Å². The van der Waals surface area contributed by atoms with Gasteiger partial charge in [-0.2, -0.15) is 4.98 Å². The second-order valence-electron chi connectivity index (χ2n) is 5.41. The van der Waals surface area contributed by atoms with Crippen LogP contribution in [0.3, 0.4) is 0 Å². The second-order valence-corrected chi connectivity index (χ2v) is 5.41. The summed E-state index contributed by atoms with van der Waals surface area (Å²) in [6, 6.07) is 6.88. The summed E-state index contributed by atoms with van der Waals surface area (Å²) < 4.78 is 17.5. The van der Waals surface area contributed by atoms with Gasteiger partial charge in [-0.3, -0.25) is 14.3 Å². The highest BCUT2D eigenvalue weighted by atomic mass is 16.6. The molecule has 138 valence electrons. The number of imidazole rings is 1. The first-order valence-electron chi connectivity index (χ1n) is 7.84. The molecule has 3 aromatic rings. The number of ether oxygens (including phenoxy) is 3. The van der Waals surface area contributed by atoms with E-state index in [1.807, 2.05) is 0 Å². The van der Waals surface area contributed by atoms with Crippen molar-refractivity contribution in [2.24, 2.45) is 0 Å². The van der Waals surface area contributed by atoms with Gasteiger partial charge in [0.15, 0.2) is 17.5 Å². The molecule has 1 aromatic carbocycles. The lowest BCUT2D eigenvalue weighted by molar-refractivity contribution is -0.0480. The normalized spacial score (nSPS) is 12.2. The molecule has 0 bridgehead atoms. The van der Waals surface area contributed by atoms with Crippen LogP contribution in [0.15, 0.2) is 35.4 Å². The van der Waals surface area contributed by atoms with Crippen LogP contribution in [-0.2, 0) is 11.5 Å². The van der Waals surface area contributed by atoms with E-state index in [4.69, 9.17) is 19.9 Å². The quantitative estimate of drug-likeness (QED) is 0.389. The molecule has 0 amide bonds. The van der Waals surface area contributed by atoms with Crippen LogP contribution in [0.25, 0.3) is 11.2 Å². The predicted octanol–water partition coefficient (Wildman–Crippen LogP) is 0.472. The minimum Gasteiger partial charge on any atom is -0.497 e. The van der Waals surface area contributed by atoms with Crippen molar-refractivity contribution < 1.29 is 19.3 Å².